The predicted octanol–water partition coefficient (Wildman–Crippen LogP) is 2.92. The van der Waals surface area contributed by atoms with Crippen LogP contribution in [0.2, 0.25) is 0 Å². The van der Waals surface area contributed by atoms with Crippen LogP contribution in [0.1, 0.15) is 36.1 Å². The van der Waals surface area contributed by atoms with Gasteiger partial charge in [-0.05, 0) is 24.5 Å². The lowest BCUT2D eigenvalue weighted by Crippen LogP contribution is -2.29. The van der Waals surface area contributed by atoms with Crippen LogP contribution in [-0.2, 0) is 6.54 Å². The number of benzene rings is 1. The number of nitrogens with two attached hydrogens (primary N) is 1. The highest BCUT2D eigenvalue weighted by molar-refractivity contribution is 9.10. The third kappa shape index (κ3) is 3.05. The lowest BCUT2D eigenvalue weighted by atomic mass is 10.0. The Kier molecular flexibility index (Phi) is 4.74. The summed E-state index contributed by atoms with van der Waals surface area (Å²) in [6.07, 6.45) is 4.98. The summed E-state index contributed by atoms with van der Waals surface area (Å²) >= 11 is 3.63. The molecule has 0 radical (unpaired) electrons. The highest BCUT2D eigenvalue weighted by atomic mass is 79.9. The summed E-state index contributed by atoms with van der Waals surface area (Å²) in [5, 5.41) is 4.36. The third-order valence-electron chi connectivity index (χ3n) is 3.14. The smallest absolute Gasteiger partial charge is 0.0751 e. The van der Waals surface area contributed by atoms with E-state index < -0.39 is 0 Å². The van der Waals surface area contributed by atoms with E-state index in [-0.39, 0.29) is 6.04 Å². The van der Waals surface area contributed by atoms with E-state index in [1.165, 1.54) is 5.56 Å². The Bertz CT molecular complexity index is 550. The van der Waals surface area contributed by atoms with E-state index in [1.54, 1.807) is 0 Å². The van der Waals surface area contributed by atoms with Gasteiger partial charge in [0.2, 0.25) is 0 Å². The molecule has 1 atom stereocenters. The van der Waals surface area contributed by atoms with Crippen molar-refractivity contribution in [1.29, 1.82) is 0 Å². The minimum absolute atomic E-state index is 0.0557. The normalized spacial score (nSPS) is 12.6. The molecule has 4 nitrogen and oxygen atoms in total. The molecule has 1 aromatic carbocycles. The van der Waals surface area contributed by atoms with Crippen LogP contribution in [-0.4, -0.2) is 9.78 Å². The number of hydrogen-bond acceptors (Lipinski definition) is 3. The largest absolute Gasteiger partial charge is 0.272 e. The highest BCUT2D eigenvalue weighted by Crippen LogP contribution is 2.30. The molecule has 0 bridgehead atoms. The number of nitrogens with one attached hydrogen (secondary N) is 1. The monoisotopic (exact) mass is 322 g/mol. The fourth-order valence-corrected chi connectivity index (χ4v) is 2.63. The predicted molar refractivity (Wildman–Crippen MR) is 80.6 cm³/mol. The van der Waals surface area contributed by atoms with Crippen molar-refractivity contribution in [2.45, 2.75) is 32.9 Å². The van der Waals surface area contributed by atoms with Gasteiger partial charge in [0.1, 0.15) is 0 Å². The molecule has 0 aliphatic carbocycles. The molecule has 0 aliphatic heterocycles. The number of halogens is 1. The Morgan fingerprint density at radius 2 is 2.26 bits per heavy atom. The molecule has 1 heterocycles. The van der Waals surface area contributed by atoms with Crippen LogP contribution < -0.4 is 11.3 Å². The first-order valence-corrected chi connectivity index (χ1v) is 7.20. The summed E-state index contributed by atoms with van der Waals surface area (Å²) < 4.78 is 3.03. The van der Waals surface area contributed by atoms with E-state index in [2.05, 4.69) is 52.4 Å². The van der Waals surface area contributed by atoms with Gasteiger partial charge in [0.15, 0.2) is 0 Å². The van der Waals surface area contributed by atoms with Gasteiger partial charge in [0, 0.05) is 22.8 Å². The molecule has 19 heavy (non-hydrogen) atoms. The SMILES string of the molecule is CCCn1cc(C(NN)c2cccc(C)c2Br)cn1. The topological polar surface area (TPSA) is 55.9 Å². The van der Waals surface area contributed by atoms with E-state index in [4.69, 9.17) is 5.84 Å². The van der Waals surface area contributed by atoms with Crippen molar-refractivity contribution in [3.05, 3.63) is 51.8 Å². The number of aromatic nitrogens is 2. The first-order chi connectivity index (χ1) is 9.17. The fraction of sp³-hybridized carbons (Fsp3) is 0.357. The highest BCUT2D eigenvalue weighted by Gasteiger charge is 2.17. The molecule has 0 aliphatic rings. The first kappa shape index (κ1) is 14.2. The van der Waals surface area contributed by atoms with Gasteiger partial charge in [-0.3, -0.25) is 10.5 Å². The van der Waals surface area contributed by atoms with Crippen molar-refractivity contribution in [3.63, 3.8) is 0 Å². The van der Waals surface area contributed by atoms with Gasteiger partial charge >= 0.3 is 0 Å². The number of aryl methyl sites for hydroxylation is 2. The molecular formula is C14H19BrN4. The van der Waals surface area contributed by atoms with Crippen molar-refractivity contribution < 1.29 is 0 Å². The standard InChI is InChI=1S/C14H19BrN4/c1-3-7-19-9-11(8-17-19)14(18-16)12-6-4-5-10(2)13(12)15/h4-6,8-9,14,18H,3,7,16H2,1-2H3. The maximum absolute atomic E-state index is 5.73. The summed E-state index contributed by atoms with van der Waals surface area (Å²) in [6.45, 7) is 5.13. The van der Waals surface area contributed by atoms with E-state index in [0.29, 0.717) is 0 Å². The van der Waals surface area contributed by atoms with E-state index >= 15 is 0 Å². The minimum atomic E-state index is -0.0557. The quantitative estimate of drug-likeness (QED) is 0.657. The van der Waals surface area contributed by atoms with Crippen molar-refractivity contribution in [2.24, 2.45) is 5.84 Å². The zero-order valence-corrected chi connectivity index (χ0v) is 12.8. The van der Waals surface area contributed by atoms with Crippen LogP contribution in [0, 0.1) is 6.92 Å². The Morgan fingerprint density at radius 1 is 1.47 bits per heavy atom. The first-order valence-electron chi connectivity index (χ1n) is 6.40. The summed E-state index contributed by atoms with van der Waals surface area (Å²) in [4.78, 5) is 0. The number of rotatable bonds is 5. The second-order valence-electron chi connectivity index (χ2n) is 4.61. The molecule has 0 amide bonds. The van der Waals surface area contributed by atoms with Gasteiger partial charge in [-0.25, -0.2) is 5.43 Å². The van der Waals surface area contributed by atoms with Crippen LogP contribution in [0.3, 0.4) is 0 Å². The lowest BCUT2D eigenvalue weighted by molar-refractivity contribution is 0.597. The van der Waals surface area contributed by atoms with Crippen LogP contribution >= 0.6 is 15.9 Å². The molecule has 2 rings (SSSR count). The van der Waals surface area contributed by atoms with Crippen molar-refractivity contribution >= 4 is 15.9 Å². The molecule has 2 aromatic rings. The lowest BCUT2D eigenvalue weighted by Gasteiger charge is -2.17. The van der Waals surface area contributed by atoms with E-state index in [9.17, 15) is 0 Å². The average Bonchev–Trinajstić information content (AvgIpc) is 2.84. The molecule has 102 valence electrons. The maximum atomic E-state index is 5.73. The second-order valence-corrected chi connectivity index (χ2v) is 5.41. The summed E-state index contributed by atoms with van der Waals surface area (Å²) in [5.41, 5.74) is 6.26. The second kappa shape index (κ2) is 6.32. The summed E-state index contributed by atoms with van der Waals surface area (Å²) in [6, 6.07) is 6.12. The number of hydrogen-bond donors (Lipinski definition) is 2. The Hall–Kier alpha value is -1.17. The van der Waals surface area contributed by atoms with Gasteiger partial charge < -0.3 is 0 Å². The number of nitrogens with zero attached hydrogens (tertiary/aromatic N) is 2. The van der Waals surface area contributed by atoms with E-state index in [0.717, 1.165) is 28.6 Å². The summed E-state index contributed by atoms with van der Waals surface area (Å²) in [7, 11) is 0. The molecule has 5 heteroatoms. The van der Waals surface area contributed by atoms with Crippen molar-refractivity contribution in [1.82, 2.24) is 15.2 Å². The Balaban J connectivity index is 2.35. The molecule has 0 saturated carbocycles. The third-order valence-corrected chi connectivity index (χ3v) is 4.22. The molecule has 1 aromatic heterocycles. The fourth-order valence-electron chi connectivity index (χ4n) is 2.14. The van der Waals surface area contributed by atoms with Gasteiger partial charge in [0.05, 0.1) is 12.2 Å². The summed E-state index contributed by atoms with van der Waals surface area (Å²) in [5.74, 6) is 5.73. The zero-order chi connectivity index (χ0) is 13.8. The average molecular weight is 323 g/mol. The van der Waals surface area contributed by atoms with Crippen LogP contribution in [0.15, 0.2) is 35.1 Å². The molecule has 1 unspecified atom stereocenters. The Labute approximate surface area is 122 Å². The molecular weight excluding hydrogens is 304 g/mol. The van der Waals surface area contributed by atoms with Gasteiger partial charge in [-0.15, -0.1) is 0 Å². The zero-order valence-electron chi connectivity index (χ0n) is 11.2. The molecule has 3 N–H and O–H groups in total. The molecule has 0 spiro atoms. The minimum Gasteiger partial charge on any atom is -0.272 e. The van der Waals surface area contributed by atoms with Crippen LogP contribution in [0.4, 0.5) is 0 Å². The molecule has 0 saturated heterocycles. The maximum Gasteiger partial charge on any atom is 0.0751 e. The van der Waals surface area contributed by atoms with Gasteiger partial charge in [-0.1, -0.05) is 41.1 Å². The Morgan fingerprint density at radius 3 is 2.95 bits per heavy atom. The van der Waals surface area contributed by atoms with Crippen LogP contribution in [0.5, 0.6) is 0 Å². The van der Waals surface area contributed by atoms with Crippen LogP contribution in [0.25, 0.3) is 0 Å². The number of hydrazine groups is 1. The molecule has 0 fully saturated rings. The van der Waals surface area contributed by atoms with Gasteiger partial charge in [0.25, 0.3) is 0 Å². The van der Waals surface area contributed by atoms with Crippen molar-refractivity contribution in [2.75, 3.05) is 0 Å². The van der Waals surface area contributed by atoms with Crippen molar-refractivity contribution in [3.8, 4) is 0 Å². The van der Waals surface area contributed by atoms with E-state index in [1.807, 2.05) is 23.1 Å². The van der Waals surface area contributed by atoms with Gasteiger partial charge in [-0.2, -0.15) is 5.10 Å².